The van der Waals surface area contributed by atoms with Gasteiger partial charge in [-0.3, -0.25) is 0 Å². The monoisotopic (exact) mass is 325 g/mol. The summed E-state index contributed by atoms with van der Waals surface area (Å²) in [6.45, 7) is 0.933. The van der Waals surface area contributed by atoms with E-state index in [0.717, 1.165) is 13.0 Å². The minimum Gasteiger partial charge on any atom is -0.366 e. The van der Waals surface area contributed by atoms with Crippen LogP contribution in [-0.2, 0) is 0 Å². The molecule has 1 aliphatic heterocycles. The van der Waals surface area contributed by atoms with Crippen LogP contribution in [0.5, 0.6) is 0 Å². The Morgan fingerprint density at radius 2 is 1.61 bits per heavy atom. The molecule has 1 fully saturated rings. The summed E-state index contributed by atoms with van der Waals surface area (Å²) in [7, 11) is 1.85. The quantitative estimate of drug-likeness (QED) is 0.756. The molecule has 23 heavy (non-hydrogen) atoms. The van der Waals surface area contributed by atoms with Gasteiger partial charge in [-0.2, -0.15) is 0 Å². The third kappa shape index (κ3) is 3.89. The predicted octanol–water partition coefficient (Wildman–Crippen LogP) is 2.64. The normalized spacial score (nSPS) is 20.4. The van der Waals surface area contributed by atoms with Crippen molar-refractivity contribution in [2.75, 3.05) is 13.6 Å². The van der Waals surface area contributed by atoms with Gasteiger partial charge in [0.15, 0.2) is 5.11 Å². The first kappa shape index (κ1) is 16.0. The van der Waals surface area contributed by atoms with Crippen molar-refractivity contribution in [3.63, 3.8) is 0 Å². The second kappa shape index (κ2) is 7.57. The predicted molar refractivity (Wildman–Crippen MR) is 99.7 cm³/mol. The first-order chi connectivity index (χ1) is 11.3. The van der Waals surface area contributed by atoms with E-state index in [1.807, 2.05) is 7.05 Å². The molecule has 0 spiro atoms. The van der Waals surface area contributed by atoms with Crippen LogP contribution in [0.25, 0.3) is 0 Å². The third-order valence-corrected chi connectivity index (χ3v) is 4.77. The summed E-state index contributed by atoms with van der Waals surface area (Å²) in [4.78, 5) is 0. The highest BCUT2D eigenvalue weighted by Crippen LogP contribution is 2.32. The van der Waals surface area contributed by atoms with Crippen molar-refractivity contribution < 1.29 is 0 Å². The Morgan fingerprint density at radius 3 is 2.13 bits per heavy atom. The molecule has 2 atom stereocenters. The van der Waals surface area contributed by atoms with Crippen LogP contribution in [0.1, 0.15) is 23.5 Å². The van der Waals surface area contributed by atoms with Gasteiger partial charge in [-0.15, -0.1) is 0 Å². The fourth-order valence-corrected chi connectivity index (χ4v) is 3.53. The fraction of sp³-hybridized carbons (Fsp3) is 0.316. The average Bonchev–Trinajstić information content (AvgIpc) is 3.05. The SMILES string of the molecule is CNC(=S)N[C@H]1CN[C@H](C(c2ccccc2)c2ccccc2)C1. The van der Waals surface area contributed by atoms with Crippen LogP contribution >= 0.6 is 12.2 Å². The fourth-order valence-electron chi connectivity index (χ4n) is 3.37. The first-order valence-electron chi connectivity index (χ1n) is 8.09. The van der Waals surface area contributed by atoms with Gasteiger partial charge >= 0.3 is 0 Å². The molecule has 3 rings (SSSR count). The second-order valence-corrected chi connectivity index (χ2v) is 6.38. The standard InChI is InChI=1S/C19H23N3S/c1-20-19(23)22-16-12-17(21-13-16)18(14-8-4-2-5-9-14)15-10-6-3-7-11-15/h2-11,16-18,21H,12-13H2,1H3,(H2,20,22,23)/t16-,17+/m1/s1. The van der Waals surface area contributed by atoms with Gasteiger partial charge in [0.25, 0.3) is 0 Å². The first-order valence-corrected chi connectivity index (χ1v) is 8.50. The zero-order valence-electron chi connectivity index (χ0n) is 13.3. The molecule has 0 unspecified atom stereocenters. The lowest BCUT2D eigenvalue weighted by molar-refractivity contribution is 0.531. The van der Waals surface area contributed by atoms with Gasteiger partial charge in [-0.25, -0.2) is 0 Å². The van der Waals surface area contributed by atoms with E-state index >= 15 is 0 Å². The Labute approximate surface area is 143 Å². The molecular weight excluding hydrogens is 302 g/mol. The maximum absolute atomic E-state index is 5.23. The number of benzene rings is 2. The molecule has 4 heteroatoms. The molecule has 0 amide bonds. The van der Waals surface area contributed by atoms with Gasteiger partial charge in [-0.05, 0) is 29.8 Å². The van der Waals surface area contributed by atoms with Crippen LogP contribution in [0.4, 0.5) is 0 Å². The van der Waals surface area contributed by atoms with Crippen LogP contribution in [0, 0.1) is 0 Å². The zero-order valence-corrected chi connectivity index (χ0v) is 14.1. The molecule has 2 aromatic rings. The summed E-state index contributed by atoms with van der Waals surface area (Å²) in [5.41, 5.74) is 2.71. The van der Waals surface area contributed by atoms with Crippen LogP contribution in [0.3, 0.4) is 0 Å². The van der Waals surface area contributed by atoms with Gasteiger partial charge in [-0.1, -0.05) is 60.7 Å². The molecule has 120 valence electrons. The Kier molecular flexibility index (Phi) is 5.26. The summed E-state index contributed by atoms with van der Waals surface area (Å²) < 4.78 is 0. The van der Waals surface area contributed by atoms with E-state index in [0.29, 0.717) is 23.1 Å². The van der Waals surface area contributed by atoms with Gasteiger partial charge < -0.3 is 16.0 Å². The lowest BCUT2D eigenvalue weighted by atomic mass is 9.84. The molecule has 0 bridgehead atoms. The maximum Gasteiger partial charge on any atom is 0.166 e. The largest absolute Gasteiger partial charge is 0.366 e. The molecule has 3 nitrogen and oxygen atoms in total. The summed E-state index contributed by atoms with van der Waals surface area (Å²) in [6.07, 6.45) is 1.05. The number of thiocarbonyl (C=S) groups is 1. The highest BCUT2D eigenvalue weighted by molar-refractivity contribution is 7.80. The number of rotatable bonds is 4. The van der Waals surface area contributed by atoms with Crippen molar-refractivity contribution in [1.82, 2.24) is 16.0 Å². The molecule has 2 aromatic carbocycles. The highest BCUT2D eigenvalue weighted by atomic mass is 32.1. The van der Waals surface area contributed by atoms with E-state index in [1.54, 1.807) is 0 Å². The van der Waals surface area contributed by atoms with Crippen molar-refractivity contribution in [3.05, 3.63) is 71.8 Å². The van der Waals surface area contributed by atoms with E-state index in [1.165, 1.54) is 11.1 Å². The topological polar surface area (TPSA) is 36.1 Å². The minimum atomic E-state index is 0.354. The Hall–Kier alpha value is -1.91. The van der Waals surface area contributed by atoms with Crippen molar-refractivity contribution in [3.8, 4) is 0 Å². The highest BCUT2D eigenvalue weighted by Gasteiger charge is 2.32. The van der Waals surface area contributed by atoms with Crippen LogP contribution in [0.15, 0.2) is 60.7 Å². The Bertz CT molecular complexity index is 590. The molecule has 1 saturated heterocycles. The summed E-state index contributed by atoms with van der Waals surface area (Å²) in [5, 5.41) is 10.8. The van der Waals surface area contributed by atoms with Crippen molar-refractivity contribution in [2.45, 2.75) is 24.4 Å². The van der Waals surface area contributed by atoms with E-state index < -0.39 is 0 Å². The molecular formula is C19H23N3S. The van der Waals surface area contributed by atoms with E-state index in [4.69, 9.17) is 12.2 Å². The lowest BCUT2D eigenvalue weighted by Crippen LogP contribution is -2.41. The molecule has 0 radical (unpaired) electrons. The summed E-state index contributed by atoms with van der Waals surface area (Å²) >= 11 is 5.23. The van der Waals surface area contributed by atoms with Gasteiger partial charge in [0, 0.05) is 31.6 Å². The number of hydrogen-bond donors (Lipinski definition) is 3. The van der Waals surface area contributed by atoms with Crippen molar-refractivity contribution in [2.24, 2.45) is 0 Å². The van der Waals surface area contributed by atoms with E-state index in [9.17, 15) is 0 Å². The Morgan fingerprint density at radius 1 is 1.04 bits per heavy atom. The van der Waals surface area contributed by atoms with Gasteiger partial charge in [0.2, 0.25) is 0 Å². The third-order valence-electron chi connectivity index (χ3n) is 4.45. The lowest BCUT2D eigenvalue weighted by Gasteiger charge is -2.25. The maximum atomic E-state index is 5.23. The molecule has 3 N–H and O–H groups in total. The molecule has 0 aromatic heterocycles. The Balaban J connectivity index is 1.81. The van der Waals surface area contributed by atoms with Gasteiger partial charge in [0.05, 0.1) is 0 Å². The molecule has 0 saturated carbocycles. The molecule has 0 aliphatic carbocycles. The smallest absolute Gasteiger partial charge is 0.166 e. The zero-order chi connectivity index (χ0) is 16.1. The number of hydrogen-bond acceptors (Lipinski definition) is 2. The second-order valence-electron chi connectivity index (χ2n) is 5.97. The summed E-state index contributed by atoms with van der Waals surface area (Å²) in [6, 6.07) is 22.3. The average molecular weight is 325 g/mol. The van der Waals surface area contributed by atoms with E-state index in [-0.39, 0.29) is 0 Å². The van der Waals surface area contributed by atoms with Crippen molar-refractivity contribution in [1.29, 1.82) is 0 Å². The van der Waals surface area contributed by atoms with E-state index in [2.05, 4.69) is 76.6 Å². The molecule has 1 aliphatic rings. The molecule has 1 heterocycles. The van der Waals surface area contributed by atoms with Crippen molar-refractivity contribution >= 4 is 17.3 Å². The van der Waals surface area contributed by atoms with Crippen LogP contribution in [0.2, 0.25) is 0 Å². The van der Waals surface area contributed by atoms with Crippen LogP contribution < -0.4 is 16.0 Å². The summed E-state index contributed by atoms with van der Waals surface area (Å²) in [5.74, 6) is 0.354. The minimum absolute atomic E-state index is 0.354. The van der Waals surface area contributed by atoms with Gasteiger partial charge in [0.1, 0.15) is 0 Å². The number of nitrogens with one attached hydrogen (secondary N) is 3. The van der Waals surface area contributed by atoms with Crippen LogP contribution in [-0.4, -0.2) is 30.8 Å².